The van der Waals surface area contributed by atoms with E-state index in [0.29, 0.717) is 33.8 Å². The Hall–Kier alpha value is -4.99. The number of carbonyl (C=O) groups excluding carboxylic acids is 1. The zero-order chi connectivity index (χ0) is 25.6. The molecule has 38 heavy (non-hydrogen) atoms. The van der Waals surface area contributed by atoms with Gasteiger partial charge in [0.25, 0.3) is 0 Å². The number of nitrogens with zero attached hydrogens (tertiary/aromatic N) is 5. The summed E-state index contributed by atoms with van der Waals surface area (Å²) >= 11 is 0. The van der Waals surface area contributed by atoms with Crippen molar-refractivity contribution in [2.45, 2.75) is 19.3 Å². The molecular weight excluding hydrogens is 483 g/mol. The van der Waals surface area contributed by atoms with Crippen molar-refractivity contribution in [1.29, 1.82) is 0 Å². The van der Waals surface area contributed by atoms with Crippen molar-refractivity contribution in [1.82, 2.24) is 35.1 Å². The maximum Gasteiger partial charge on any atom is 0.227 e. The molecule has 0 saturated heterocycles. The summed E-state index contributed by atoms with van der Waals surface area (Å²) < 4.78 is 16.0. The van der Waals surface area contributed by atoms with Crippen LogP contribution >= 0.6 is 0 Å². The van der Waals surface area contributed by atoms with E-state index in [9.17, 15) is 4.79 Å². The van der Waals surface area contributed by atoms with Crippen LogP contribution in [0.1, 0.15) is 19.3 Å². The number of imidazole rings is 1. The summed E-state index contributed by atoms with van der Waals surface area (Å²) in [5.74, 6) is -0.141. The van der Waals surface area contributed by atoms with E-state index < -0.39 is 5.82 Å². The molecule has 0 bridgehead atoms. The van der Waals surface area contributed by atoms with E-state index >= 15 is 4.39 Å². The van der Waals surface area contributed by atoms with E-state index in [2.05, 4.69) is 35.5 Å². The van der Waals surface area contributed by atoms with Gasteiger partial charge in [-0.25, -0.2) is 9.37 Å². The van der Waals surface area contributed by atoms with Gasteiger partial charge in [-0.3, -0.25) is 24.8 Å². The standard InChI is InChI=1S/C28H21FN8O/c29-23-22-21(14-32-24(23)16-11-17(13-30-12-16)33-28(38)15-5-3-6-15)36-37-26(22)27-34-20-9-4-7-18(25(20)35-27)19-8-1-2-10-31-19/h1-2,4,7-15H,3,5-6H2,(H,33,38)(H,34,35)(H,36,37). The highest BCUT2D eigenvalue weighted by atomic mass is 19.1. The van der Waals surface area contributed by atoms with Gasteiger partial charge < -0.3 is 10.3 Å². The molecule has 10 heteroatoms. The number of amides is 1. The van der Waals surface area contributed by atoms with Crippen LogP contribution in [0.15, 0.2) is 67.3 Å². The molecule has 1 aliphatic carbocycles. The zero-order valence-electron chi connectivity index (χ0n) is 20.1. The van der Waals surface area contributed by atoms with Gasteiger partial charge in [-0.2, -0.15) is 5.10 Å². The number of fused-ring (bicyclic) bond motifs is 2. The Bertz CT molecular complexity index is 1820. The Morgan fingerprint density at radius 1 is 1.00 bits per heavy atom. The summed E-state index contributed by atoms with van der Waals surface area (Å²) in [4.78, 5) is 33.4. The molecule has 5 aromatic heterocycles. The molecule has 186 valence electrons. The largest absolute Gasteiger partial charge is 0.337 e. The van der Waals surface area contributed by atoms with Crippen molar-refractivity contribution >= 4 is 33.5 Å². The lowest BCUT2D eigenvalue weighted by atomic mass is 9.85. The fraction of sp³-hybridized carbons (Fsp3) is 0.143. The van der Waals surface area contributed by atoms with Crippen LogP contribution in [0, 0.1) is 11.7 Å². The topological polar surface area (TPSA) is 125 Å². The number of aromatic amines is 2. The average molecular weight is 505 g/mol. The first-order valence-electron chi connectivity index (χ1n) is 12.3. The van der Waals surface area contributed by atoms with Crippen LogP contribution in [-0.2, 0) is 4.79 Å². The van der Waals surface area contributed by atoms with E-state index in [-0.39, 0.29) is 22.9 Å². The van der Waals surface area contributed by atoms with Gasteiger partial charge in [0.1, 0.15) is 11.4 Å². The number of hydrogen-bond donors (Lipinski definition) is 3. The molecule has 0 spiro atoms. The fourth-order valence-corrected chi connectivity index (χ4v) is 4.77. The first kappa shape index (κ1) is 22.2. The van der Waals surface area contributed by atoms with E-state index in [1.165, 1.54) is 12.4 Å². The number of aromatic nitrogens is 7. The van der Waals surface area contributed by atoms with Gasteiger partial charge in [0.05, 0.1) is 45.7 Å². The molecule has 1 aliphatic rings. The van der Waals surface area contributed by atoms with E-state index in [1.54, 1.807) is 18.5 Å². The van der Waals surface area contributed by atoms with Crippen LogP contribution in [0.2, 0.25) is 0 Å². The van der Waals surface area contributed by atoms with Gasteiger partial charge in [-0.1, -0.05) is 24.6 Å². The highest BCUT2D eigenvalue weighted by Crippen LogP contribution is 2.34. The smallest absolute Gasteiger partial charge is 0.227 e. The molecular formula is C28H21FN8O. The predicted octanol–water partition coefficient (Wildman–Crippen LogP) is 5.50. The Morgan fingerprint density at radius 3 is 2.74 bits per heavy atom. The molecule has 0 radical (unpaired) electrons. The number of pyridine rings is 3. The zero-order valence-corrected chi connectivity index (χ0v) is 20.1. The summed E-state index contributed by atoms with van der Waals surface area (Å²) in [6.45, 7) is 0. The fourth-order valence-electron chi connectivity index (χ4n) is 4.77. The molecule has 0 aliphatic heterocycles. The van der Waals surface area contributed by atoms with E-state index in [0.717, 1.165) is 36.0 Å². The predicted molar refractivity (Wildman–Crippen MR) is 141 cm³/mol. The van der Waals surface area contributed by atoms with Crippen molar-refractivity contribution in [3.05, 3.63) is 73.1 Å². The number of nitrogens with one attached hydrogen (secondary N) is 3. The number of anilines is 1. The first-order valence-corrected chi connectivity index (χ1v) is 12.3. The van der Waals surface area contributed by atoms with Crippen LogP contribution in [-0.4, -0.2) is 41.0 Å². The van der Waals surface area contributed by atoms with Crippen LogP contribution < -0.4 is 5.32 Å². The van der Waals surface area contributed by atoms with Crippen molar-refractivity contribution in [3.63, 3.8) is 0 Å². The molecule has 1 amide bonds. The third-order valence-electron chi connectivity index (χ3n) is 6.98. The summed E-state index contributed by atoms with van der Waals surface area (Å²) in [5.41, 5.74) is 4.99. The molecule has 9 nitrogen and oxygen atoms in total. The van der Waals surface area contributed by atoms with Gasteiger partial charge >= 0.3 is 0 Å². The van der Waals surface area contributed by atoms with Crippen molar-refractivity contribution in [2.24, 2.45) is 5.92 Å². The van der Waals surface area contributed by atoms with E-state index in [4.69, 9.17) is 4.98 Å². The Balaban J connectivity index is 1.30. The van der Waals surface area contributed by atoms with Gasteiger partial charge in [0.15, 0.2) is 11.6 Å². The minimum Gasteiger partial charge on any atom is -0.337 e. The molecule has 6 aromatic rings. The Morgan fingerprint density at radius 2 is 1.92 bits per heavy atom. The van der Waals surface area contributed by atoms with Crippen LogP contribution in [0.25, 0.3) is 56.0 Å². The second kappa shape index (κ2) is 8.84. The summed E-state index contributed by atoms with van der Waals surface area (Å²) in [6, 6.07) is 13.2. The van der Waals surface area contributed by atoms with Gasteiger partial charge in [0, 0.05) is 29.4 Å². The number of benzene rings is 1. The number of H-pyrrole nitrogens is 2. The third-order valence-corrected chi connectivity index (χ3v) is 6.98. The molecule has 1 fully saturated rings. The highest BCUT2D eigenvalue weighted by Gasteiger charge is 2.26. The van der Waals surface area contributed by atoms with Crippen LogP contribution in [0.4, 0.5) is 10.1 Å². The molecule has 1 saturated carbocycles. The SMILES string of the molecule is O=C(Nc1cncc(-c2ncc3[nH]nc(-c4nc5c(-c6ccccn6)cccc5[nH]4)c3c2F)c1)C1CCC1. The van der Waals surface area contributed by atoms with Gasteiger partial charge in [-0.15, -0.1) is 0 Å². The quantitative estimate of drug-likeness (QED) is 0.285. The highest BCUT2D eigenvalue weighted by molar-refractivity contribution is 5.98. The Kier molecular flexibility index (Phi) is 5.17. The van der Waals surface area contributed by atoms with Crippen LogP contribution in [0.5, 0.6) is 0 Å². The lowest BCUT2D eigenvalue weighted by Gasteiger charge is -2.24. The summed E-state index contributed by atoms with van der Waals surface area (Å²) in [6.07, 6.45) is 9.18. The second-order valence-corrected chi connectivity index (χ2v) is 9.36. The monoisotopic (exact) mass is 504 g/mol. The maximum absolute atomic E-state index is 16.0. The normalized spacial score (nSPS) is 13.6. The van der Waals surface area contributed by atoms with Crippen molar-refractivity contribution in [2.75, 3.05) is 5.32 Å². The molecule has 0 atom stereocenters. The third kappa shape index (κ3) is 3.69. The molecule has 5 heterocycles. The van der Waals surface area contributed by atoms with Crippen LogP contribution in [0.3, 0.4) is 0 Å². The summed E-state index contributed by atoms with van der Waals surface area (Å²) in [7, 11) is 0. The molecule has 1 aromatic carbocycles. The lowest BCUT2D eigenvalue weighted by Crippen LogP contribution is -2.28. The van der Waals surface area contributed by atoms with Gasteiger partial charge in [-0.05, 0) is 37.1 Å². The number of hydrogen-bond acceptors (Lipinski definition) is 6. The maximum atomic E-state index is 16.0. The number of para-hydroxylation sites is 1. The van der Waals surface area contributed by atoms with Crippen molar-refractivity contribution in [3.8, 4) is 34.0 Å². The number of rotatable bonds is 5. The molecule has 3 N–H and O–H groups in total. The Labute approximate surface area is 215 Å². The lowest BCUT2D eigenvalue weighted by molar-refractivity contribution is -0.122. The summed E-state index contributed by atoms with van der Waals surface area (Å²) in [5, 5.41) is 10.4. The second-order valence-electron chi connectivity index (χ2n) is 9.36. The minimum absolute atomic E-state index is 0.0281. The first-order chi connectivity index (χ1) is 18.7. The van der Waals surface area contributed by atoms with E-state index in [1.807, 2.05) is 36.4 Å². The van der Waals surface area contributed by atoms with Crippen molar-refractivity contribution < 1.29 is 9.18 Å². The number of halogens is 1. The molecule has 7 rings (SSSR count). The molecule has 0 unspecified atom stereocenters. The van der Waals surface area contributed by atoms with Gasteiger partial charge in [0.2, 0.25) is 5.91 Å². The average Bonchev–Trinajstić information content (AvgIpc) is 3.53. The minimum atomic E-state index is -0.555. The number of carbonyl (C=O) groups is 1.